The smallest absolute Gasteiger partial charge is 0.248 e. The van der Waals surface area contributed by atoms with E-state index in [4.69, 9.17) is 4.74 Å². The van der Waals surface area contributed by atoms with Gasteiger partial charge in [-0.15, -0.1) is 0 Å². The number of benzene rings is 1. The maximum atomic E-state index is 11.6. The van der Waals surface area contributed by atoms with Crippen LogP contribution in [0.2, 0.25) is 0 Å². The molecule has 0 aromatic heterocycles. The molecule has 0 unspecified atom stereocenters. The number of rotatable bonds is 3. The van der Waals surface area contributed by atoms with Gasteiger partial charge < -0.3 is 9.64 Å². The van der Waals surface area contributed by atoms with Gasteiger partial charge in [0, 0.05) is 19.7 Å². The molecule has 0 N–H and O–H groups in total. The van der Waals surface area contributed by atoms with Gasteiger partial charge in [-0.3, -0.25) is 4.79 Å². The minimum absolute atomic E-state index is 0.0239. The zero-order valence-corrected chi connectivity index (χ0v) is 10.2. The van der Waals surface area contributed by atoms with E-state index >= 15 is 0 Å². The van der Waals surface area contributed by atoms with Crippen molar-refractivity contribution in [3.8, 4) is 5.75 Å². The van der Waals surface area contributed by atoms with Crippen molar-refractivity contribution in [2.24, 2.45) is 0 Å². The summed E-state index contributed by atoms with van der Waals surface area (Å²) in [7, 11) is 5.12. The first-order valence-corrected chi connectivity index (χ1v) is 5.08. The first kappa shape index (κ1) is 12.3. The van der Waals surface area contributed by atoms with Crippen LogP contribution in [0.3, 0.4) is 0 Å². The van der Waals surface area contributed by atoms with Crippen molar-refractivity contribution in [1.29, 1.82) is 0 Å². The molecule has 0 saturated heterocycles. The minimum Gasteiger partial charge on any atom is -0.497 e. The van der Waals surface area contributed by atoms with Crippen molar-refractivity contribution in [1.82, 2.24) is 4.90 Å². The number of hydrogen-bond donors (Lipinski definition) is 0. The summed E-state index contributed by atoms with van der Waals surface area (Å²) in [5.41, 5.74) is 1.71. The van der Waals surface area contributed by atoms with E-state index < -0.39 is 0 Å². The van der Waals surface area contributed by atoms with Crippen molar-refractivity contribution < 1.29 is 9.53 Å². The lowest BCUT2D eigenvalue weighted by Crippen LogP contribution is -2.22. The molecular formula is C13H17NO2. The van der Waals surface area contributed by atoms with E-state index in [-0.39, 0.29) is 5.91 Å². The lowest BCUT2D eigenvalue weighted by atomic mass is 10.1. The van der Waals surface area contributed by atoms with E-state index in [2.05, 4.69) is 0 Å². The molecular weight excluding hydrogens is 202 g/mol. The normalized spacial score (nSPS) is 11.1. The van der Waals surface area contributed by atoms with Crippen LogP contribution in [0.5, 0.6) is 5.75 Å². The lowest BCUT2D eigenvalue weighted by molar-refractivity contribution is -0.124. The Hall–Kier alpha value is -1.77. The van der Waals surface area contributed by atoms with Gasteiger partial charge in [-0.2, -0.15) is 0 Å². The summed E-state index contributed by atoms with van der Waals surface area (Å²) in [6, 6.07) is 7.59. The summed E-state index contributed by atoms with van der Waals surface area (Å²) in [6.45, 7) is 1.81. The van der Waals surface area contributed by atoms with Crippen LogP contribution in [0, 0.1) is 0 Å². The topological polar surface area (TPSA) is 29.5 Å². The van der Waals surface area contributed by atoms with E-state index in [0.717, 1.165) is 16.9 Å². The third-order valence-corrected chi connectivity index (χ3v) is 2.24. The second-order valence-electron chi connectivity index (χ2n) is 3.80. The van der Waals surface area contributed by atoms with E-state index in [1.165, 1.54) is 0 Å². The molecule has 0 spiro atoms. The van der Waals surface area contributed by atoms with Crippen molar-refractivity contribution in [2.45, 2.75) is 6.92 Å². The van der Waals surface area contributed by atoms with Crippen molar-refractivity contribution >= 4 is 12.0 Å². The standard InChI is InChI=1S/C13H17NO2/c1-10(13(15)14(2)3)9-11-5-7-12(16-4)8-6-11/h5-9H,1-4H3/b10-9+. The Morgan fingerprint density at radius 1 is 1.25 bits per heavy atom. The molecule has 0 aliphatic heterocycles. The van der Waals surface area contributed by atoms with Crippen LogP contribution in [-0.2, 0) is 4.79 Å². The Labute approximate surface area is 96.3 Å². The highest BCUT2D eigenvalue weighted by atomic mass is 16.5. The summed E-state index contributed by atoms with van der Waals surface area (Å²) >= 11 is 0. The average molecular weight is 219 g/mol. The largest absolute Gasteiger partial charge is 0.497 e. The van der Waals surface area contributed by atoms with E-state index in [1.807, 2.05) is 37.3 Å². The van der Waals surface area contributed by atoms with Gasteiger partial charge in [-0.05, 0) is 30.7 Å². The first-order chi connectivity index (χ1) is 7.54. The van der Waals surface area contributed by atoms with Gasteiger partial charge in [0.15, 0.2) is 0 Å². The molecule has 0 saturated carbocycles. The SMILES string of the molecule is COc1ccc(/C=C(\C)C(=O)N(C)C)cc1. The van der Waals surface area contributed by atoms with Crippen LogP contribution in [-0.4, -0.2) is 32.0 Å². The van der Waals surface area contributed by atoms with Crippen molar-refractivity contribution in [3.05, 3.63) is 35.4 Å². The molecule has 0 radical (unpaired) electrons. The lowest BCUT2D eigenvalue weighted by Gasteiger charge is -2.10. The van der Waals surface area contributed by atoms with E-state index in [9.17, 15) is 4.79 Å². The number of ether oxygens (including phenoxy) is 1. The van der Waals surface area contributed by atoms with Crippen LogP contribution in [0.15, 0.2) is 29.8 Å². The number of carbonyl (C=O) groups excluding carboxylic acids is 1. The third kappa shape index (κ3) is 3.12. The van der Waals surface area contributed by atoms with E-state index in [1.54, 1.807) is 26.1 Å². The Morgan fingerprint density at radius 2 is 1.81 bits per heavy atom. The number of likely N-dealkylation sites (N-methyl/N-ethyl adjacent to an activating group) is 1. The maximum absolute atomic E-state index is 11.6. The summed E-state index contributed by atoms with van der Waals surface area (Å²) < 4.78 is 5.06. The molecule has 1 aromatic rings. The Morgan fingerprint density at radius 3 is 2.25 bits per heavy atom. The van der Waals surface area contributed by atoms with Crippen molar-refractivity contribution in [2.75, 3.05) is 21.2 Å². The highest BCUT2D eigenvalue weighted by Crippen LogP contribution is 2.14. The van der Waals surface area contributed by atoms with E-state index in [0.29, 0.717) is 0 Å². The van der Waals surface area contributed by atoms with Gasteiger partial charge in [-0.25, -0.2) is 0 Å². The third-order valence-electron chi connectivity index (χ3n) is 2.24. The number of carbonyl (C=O) groups is 1. The molecule has 1 rings (SSSR count). The number of amides is 1. The van der Waals surface area contributed by atoms with Gasteiger partial charge >= 0.3 is 0 Å². The molecule has 16 heavy (non-hydrogen) atoms. The molecule has 0 fully saturated rings. The first-order valence-electron chi connectivity index (χ1n) is 5.08. The van der Waals surface area contributed by atoms with Gasteiger partial charge in [-0.1, -0.05) is 12.1 Å². The number of methoxy groups -OCH3 is 1. The highest BCUT2D eigenvalue weighted by Gasteiger charge is 2.05. The quantitative estimate of drug-likeness (QED) is 0.729. The van der Waals surface area contributed by atoms with Crippen LogP contribution >= 0.6 is 0 Å². The monoisotopic (exact) mass is 219 g/mol. The van der Waals surface area contributed by atoms with Gasteiger partial charge in [0.05, 0.1) is 7.11 Å². The summed E-state index contributed by atoms with van der Waals surface area (Å²) in [6.07, 6.45) is 1.86. The zero-order valence-electron chi connectivity index (χ0n) is 10.2. The predicted octanol–water partition coefficient (Wildman–Crippen LogP) is 2.19. The maximum Gasteiger partial charge on any atom is 0.248 e. The molecule has 0 atom stereocenters. The Balaban J connectivity index is 2.86. The zero-order chi connectivity index (χ0) is 12.1. The fourth-order valence-corrected chi connectivity index (χ4v) is 1.36. The average Bonchev–Trinajstić information content (AvgIpc) is 2.28. The molecule has 3 heteroatoms. The molecule has 1 aromatic carbocycles. The van der Waals surface area contributed by atoms with Crippen LogP contribution in [0.25, 0.3) is 6.08 Å². The second kappa shape index (κ2) is 5.35. The van der Waals surface area contributed by atoms with Crippen LogP contribution in [0.4, 0.5) is 0 Å². The fraction of sp³-hybridized carbons (Fsp3) is 0.308. The molecule has 0 aliphatic rings. The van der Waals surface area contributed by atoms with Crippen LogP contribution in [0.1, 0.15) is 12.5 Å². The highest BCUT2D eigenvalue weighted by molar-refractivity contribution is 5.96. The Bertz CT molecular complexity index is 391. The summed E-state index contributed by atoms with van der Waals surface area (Å²) in [5, 5.41) is 0. The van der Waals surface area contributed by atoms with Crippen LogP contribution < -0.4 is 4.74 Å². The second-order valence-corrected chi connectivity index (χ2v) is 3.80. The summed E-state index contributed by atoms with van der Waals surface area (Å²) in [5.74, 6) is 0.838. The molecule has 0 heterocycles. The molecule has 3 nitrogen and oxygen atoms in total. The number of hydrogen-bond acceptors (Lipinski definition) is 2. The van der Waals surface area contributed by atoms with Gasteiger partial charge in [0.2, 0.25) is 5.91 Å². The minimum atomic E-state index is 0.0239. The molecule has 86 valence electrons. The number of nitrogens with zero attached hydrogens (tertiary/aromatic N) is 1. The Kier molecular flexibility index (Phi) is 4.11. The van der Waals surface area contributed by atoms with Crippen molar-refractivity contribution in [3.63, 3.8) is 0 Å². The molecule has 1 amide bonds. The van der Waals surface area contributed by atoms with Gasteiger partial charge in [0.25, 0.3) is 0 Å². The molecule has 0 aliphatic carbocycles. The molecule has 0 bridgehead atoms. The van der Waals surface area contributed by atoms with Gasteiger partial charge in [0.1, 0.15) is 5.75 Å². The fourth-order valence-electron chi connectivity index (χ4n) is 1.36. The predicted molar refractivity (Wildman–Crippen MR) is 65.3 cm³/mol. The summed E-state index contributed by atoms with van der Waals surface area (Å²) in [4.78, 5) is 13.2.